The molecule has 0 saturated carbocycles. The molecular weight excluding hydrogens is 254 g/mol. The number of ether oxygens (including phenoxy) is 2. The predicted molar refractivity (Wildman–Crippen MR) is 78.9 cm³/mol. The third kappa shape index (κ3) is 3.04. The van der Waals surface area contributed by atoms with Crippen LogP contribution in [-0.2, 0) is 20.1 Å². The van der Waals surface area contributed by atoms with Gasteiger partial charge < -0.3 is 15.2 Å². The molecule has 108 valence electrons. The molecule has 1 heterocycles. The van der Waals surface area contributed by atoms with E-state index in [9.17, 15) is 0 Å². The lowest BCUT2D eigenvalue weighted by Gasteiger charge is -2.08. The molecule has 2 aromatic rings. The molecule has 0 spiro atoms. The van der Waals surface area contributed by atoms with Crippen molar-refractivity contribution in [2.75, 3.05) is 12.8 Å². The maximum atomic E-state index is 6.07. The van der Waals surface area contributed by atoms with Gasteiger partial charge >= 0.3 is 0 Å². The second kappa shape index (κ2) is 6.32. The molecule has 0 aliphatic rings. The predicted octanol–water partition coefficient (Wildman–Crippen LogP) is 2.54. The van der Waals surface area contributed by atoms with Crippen molar-refractivity contribution in [2.24, 2.45) is 7.05 Å². The van der Waals surface area contributed by atoms with Crippen molar-refractivity contribution in [2.45, 2.75) is 26.4 Å². The first-order valence-electron chi connectivity index (χ1n) is 6.72. The fourth-order valence-corrected chi connectivity index (χ4v) is 2.04. The van der Waals surface area contributed by atoms with E-state index in [0.29, 0.717) is 18.2 Å². The Balaban J connectivity index is 2.06. The van der Waals surface area contributed by atoms with Gasteiger partial charge in [-0.1, -0.05) is 25.5 Å². The van der Waals surface area contributed by atoms with Crippen LogP contribution < -0.4 is 15.2 Å². The van der Waals surface area contributed by atoms with Crippen molar-refractivity contribution in [3.63, 3.8) is 0 Å². The molecule has 0 aliphatic carbocycles. The second-order valence-electron chi connectivity index (χ2n) is 4.68. The number of nitrogens with two attached hydrogens (primary N) is 1. The summed E-state index contributed by atoms with van der Waals surface area (Å²) in [7, 11) is 3.50. The number of aryl methyl sites for hydroxylation is 2. The lowest BCUT2D eigenvalue weighted by atomic mass is 10.2. The monoisotopic (exact) mass is 275 g/mol. The highest BCUT2D eigenvalue weighted by Gasteiger charge is 2.13. The van der Waals surface area contributed by atoms with E-state index in [-0.39, 0.29) is 0 Å². The van der Waals surface area contributed by atoms with E-state index < -0.39 is 0 Å². The number of hydrogen-bond donors (Lipinski definition) is 1. The van der Waals surface area contributed by atoms with Gasteiger partial charge in [-0.25, -0.2) is 4.68 Å². The number of nitrogen functional groups attached to an aromatic ring is 1. The van der Waals surface area contributed by atoms with Crippen LogP contribution in [0.15, 0.2) is 24.3 Å². The number of methoxy groups -OCH3 is 1. The minimum atomic E-state index is 0.458. The molecule has 0 bridgehead atoms. The number of aromatic nitrogens is 2. The van der Waals surface area contributed by atoms with Gasteiger partial charge in [0.15, 0.2) is 0 Å². The average Bonchev–Trinajstić information content (AvgIpc) is 2.72. The van der Waals surface area contributed by atoms with Gasteiger partial charge in [0.2, 0.25) is 5.88 Å². The highest BCUT2D eigenvalue weighted by atomic mass is 16.5. The molecule has 2 rings (SSSR count). The molecule has 5 heteroatoms. The van der Waals surface area contributed by atoms with E-state index in [1.807, 2.05) is 31.3 Å². The first kappa shape index (κ1) is 14.2. The molecule has 0 amide bonds. The van der Waals surface area contributed by atoms with Crippen molar-refractivity contribution < 1.29 is 9.47 Å². The Kier molecular flexibility index (Phi) is 4.50. The fourth-order valence-electron chi connectivity index (χ4n) is 2.04. The van der Waals surface area contributed by atoms with E-state index >= 15 is 0 Å². The summed E-state index contributed by atoms with van der Waals surface area (Å²) in [5.41, 5.74) is 8.67. The van der Waals surface area contributed by atoms with Crippen molar-refractivity contribution >= 4 is 5.69 Å². The van der Waals surface area contributed by atoms with E-state index in [1.54, 1.807) is 11.8 Å². The smallest absolute Gasteiger partial charge is 0.236 e. The molecule has 5 nitrogen and oxygen atoms in total. The van der Waals surface area contributed by atoms with Crippen LogP contribution in [0.2, 0.25) is 0 Å². The van der Waals surface area contributed by atoms with Crippen molar-refractivity contribution in [3.05, 3.63) is 35.5 Å². The normalized spacial score (nSPS) is 10.6. The average molecular weight is 275 g/mol. The zero-order valence-electron chi connectivity index (χ0n) is 12.2. The molecular formula is C15H21N3O2. The molecule has 0 aliphatic heterocycles. The number of hydrogen-bond acceptors (Lipinski definition) is 4. The van der Waals surface area contributed by atoms with Crippen molar-refractivity contribution in [1.29, 1.82) is 0 Å². The van der Waals surface area contributed by atoms with E-state index in [2.05, 4.69) is 12.0 Å². The number of rotatable bonds is 6. The van der Waals surface area contributed by atoms with Crippen molar-refractivity contribution in [1.82, 2.24) is 9.78 Å². The molecule has 20 heavy (non-hydrogen) atoms. The maximum absolute atomic E-state index is 6.07. The highest BCUT2D eigenvalue weighted by molar-refractivity contribution is 5.53. The quantitative estimate of drug-likeness (QED) is 0.880. The van der Waals surface area contributed by atoms with Gasteiger partial charge in [0, 0.05) is 7.05 Å². The summed E-state index contributed by atoms with van der Waals surface area (Å²) in [5.74, 6) is 1.46. The Morgan fingerprint density at radius 3 is 2.55 bits per heavy atom. The topological polar surface area (TPSA) is 62.3 Å². The Labute approximate surface area is 119 Å². The Hall–Kier alpha value is -2.17. The second-order valence-corrected chi connectivity index (χ2v) is 4.68. The van der Waals surface area contributed by atoms with Crippen LogP contribution in [0, 0.1) is 0 Å². The van der Waals surface area contributed by atoms with Gasteiger partial charge in [-0.15, -0.1) is 0 Å². The molecule has 1 aromatic heterocycles. The number of benzene rings is 1. The Morgan fingerprint density at radius 2 is 1.95 bits per heavy atom. The molecule has 2 N–H and O–H groups in total. The van der Waals surface area contributed by atoms with Crippen LogP contribution in [0.25, 0.3) is 0 Å². The summed E-state index contributed by atoms with van der Waals surface area (Å²) >= 11 is 0. The minimum Gasteiger partial charge on any atom is -0.497 e. The fraction of sp³-hybridized carbons (Fsp3) is 0.400. The molecule has 0 saturated heterocycles. The third-order valence-electron chi connectivity index (χ3n) is 3.13. The largest absolute Gasteiger partial charge is 0.497 e. The Bertz CT molecular complexity index is 561. The summed E-state index contributed by atoms with van der Waals surface area (Å²) in [6, 6.07) is 7.76. The standard InChI is InChI=1S/C15H21N3O2/c1-4-5-13-14(16)15(18(2)17-13)20-10-11-6-8-12(19-3)9-7-11/h6-9H,4-5,10,16H2,1-3H3. The van der Waals surface area contributed by atoms with E-state index in [1.165, 1.54) is 0 Å². The SMILES string of the molecule is CCCc1nn(C)c(OCc2ccc(OC)cc2)c1N. The zero-order valence-corrected chi connectivity index (χ0v) is 12.2. The zero-order chi connectivity index (χ0) is 14.5. The van der Waals surface area contributed by atoms with E-state index in [4.69, 9.17) is 15.2 Å². The first-order chi connectivity index (χ1) is 9.65. The van der Waals surface area contributed by atoms with Crippen LogP contribution in [0.1, 0.15) is 24.6 Å². The van der Waals surface area contributed by atoms with Crippen LogP contribution in [0.4, 0.5) is 5.69 Å². The van der Waals surface area contributed by atoms with Crippen LogP contribution in [0.3, 0.4) is 0 Å². The lowest BCUT2D eigenvalue weighted by molar-refractivity contribution is 0.280. The molecule has 0 radical (unpaired) electrons. The number of anilines is 1. The van der Waals surface area contributed by atoms with Crippen LogP contribution in [0.5, 0.6) is 11.6 Å². The van der Waals surface area contributed by atoms with Gasteiger partial charge in [-0.3, -0.25) is 0 Å². The third-order valence-corrected chi connectivity index (χ3v) is 3.13. The van der Waals surface area contributed by atoms with Gasteiger partial charge in [-0.05, 0) is 24.1 Å². The highest BCUT2D eigenvalue weighted by Crippen LogP contribution is 2.26. The minimum absolute atomic E-state index is 0.458. The molecule has 0 fully saturated rings. The van der Waals surface area contributed by atoms with Gasteiger partial charge in [0.1, 0.15) is 18.0 Å². The summed E-state index contributed by atoms with van der Waals surface area (Å²) in [6.07, 6.45) is 1.88. The summed E-state index contributed by atoms with van der Waals surface area (Å²) in [6.45, 7) is 2.56. The summed E-state index contributed by atoms with van der Waals surface area (Å²) in [4.78, 5) is 0. The van der Waals surface area contributed by atoms with E-state index in [0.717, 1.165) is 29.8 Å². The first-order valence-corrected chi connectivity index (χ1v) is 6.72. The summed E-state index contributed by atoms with van der Waals surface area (Å²) in [5, 5.41) is 4.39. The van der Waals surface area contributed by atoms with Gasteiger partial charge in [0.25, 0.3) is 0 Å². The lowest BCUT2D eigenvalue weighted by Crippen LogP contribution is -2.02. The molecule has 0 unspecified atom stereocenters. The summed E-state index contributed by atoms with van der Waals surface area (Å²) < 4.78 is 12.6. The van der Waals surface area contributed by atoms with Crippen LogP contribution in [-0.4, -0.2) is 16.9 Å². The van der Waals surface area contributed by atoms with Gasteiger partial charge in [-0.2, -0.15) is 5.10 Å². The number of nitrogens with zero attached hydrogens (tertiary/aromatic N) is 2. The van der Waals surface area contributed by atoms with Crippen molar-refractivity contribution in [3.8, 4) is 11.6 Å². The molecule has 1 aromatic carbocycles. The molecule has 0 atom stereocenters. The maximum Gasteiger partial charge on any atom is 0.236 e. The van der Waals surface area contributed by atoms with Crippen LogP contribution >= 0.6 is 0 Å². The van der Waals surface area contributed by atoms with Gasteiger partial charge in [0.05, 0.1) is 12.8 Å². The Morgan fingerprint density at radius 1 is 1.25 bits per heavy atom.